The number of thiophene rings is 1. The first kappa shape index (κ1) is 20.8. The van der Waals surface area contributed by atoms with E-state index in [0.717, 1.165) is 23.4 Å². The summed E-state index contributed by atoms with van der Waals surface area (Å²) in [5, 5.41) is 6.29. The molecule has 0 radical (unpaired) electrons. The summed E-state index contributed by atoms with van der Waals surface area (Å²) in [7, 11) is 0. The van der Waals surface area contributed by atoms with Crippen molar-refractivity contribution < 1.29 is 19.1 Å². The smallest absolute Gasteiger partial charge is 0.410 e. The molecule has 1 saturated heterocycles. The predicted molar refractivity (Wildman–Crippen MR) is 109 cm³/mol. The third-order valence-corrected chi connectivity index (χ3v) is 6.14. The van der Waals surface area contributed by atoms with Crippen molar-refractivity contribution in [3.8, 4) is 12.3 Å². The molecule has 3 amide bonds. The average Bonchev–Trinajstić information content (AvgIpc) is 3.42. The van der Waals surface area contributed by atoms with Crippen LogP contribution in [-0.2, 0) is 16.0 Å². The Kier molecular flexibility index (Phi) is 7.21. The van der Waals surface area contributed by atoms with Crippen LogP contribution in [0.5, 0.6) is 0 Å². The number of nitrogens with one attached hydrogen (secondary N) is 2. The Morgan fingerprint density at radius 3 is 2.76 bits per heavy atom. The van der Waals surface area contributed by atoms with Crippen LogP contribution in [0.15, 0.2) is 22.2 Å². The molecule has 3 rings (SSSR count). The van der Waals surface area contributed by atoms with Crippen LogP contribution in [0.2, 0.25) is 0 Å². The highest BCUT2D eigenvalue weighted by Crippen LogP contribution is 2.30. The van der Waals surface area contributed by atoms with Gasteiger partial charge in [0.1, 0.15) is 5.69 Å². The zero-order valence-electron chi connectivity index (χ0n) is 15.6. The topological polar surface area (TPSA) is 101 Å². The summed E-state index contributed by atoms with van der Waals surface area (Å²) in [6, 6.07) is 1.86. The van der Waals surface area contributed by atoms with E-state index in [1.165, 1.54) is 22.7 Å². The van der Waals surface area contributed by atoms with Crippen LogP contribution in [0, 0.1) is 12.3 Å². The van der Waals surface area contributed by atoms with Gasteiger partial charge in [0, 0.05) is 24.4 Å². The van der Waals surface area contributed by atoms with Crippen LogP contribution >= 0.6 is 22.7 Å². The number of thiazole rings is 1. The van der Waals surface area contributed by atoms with Crippen LogP contribution in [0.3, 0.4) is 0 Å². The van der Waals surface area contributed by atoms with Gasteiger partial charge in [-0.15, -0.1) is 17.8 Å². The molecule has 1 fully saturated rings. The van der Waals surface area contributed by atoms with E-state index in [-0.39, 0.29) is 30.5 Å². The normalized spacial score (nSPS) is 14.1. The molecule has 0 atom stereocenters. The minimum Gasteiger partial charge on any atom is -0.436 e. The van der Waals surface area contributed by atoms with Crippen molar-refractivity contribution in [1.82, 2.24) is 20.7 Å². The maximum absolute atomic E-state index is 12.2. The number of ether oxygens (including phenoxy) is 1. The van der Waals surface area contributed by atoms with Gasteiger partial charge < -0.3 is 9.64 Å². The lowest BCUT2D eigenvalue weighted by Crippen LogP contribution is -2.42. The number of likely N-dealkylation sites (tertiary alicyclic amines) is 1. The van der Waals surface area contributed by atoms with E-state index in [1.54, 1.807) is 10.3 Å². The van der Waals surface area contributed by atoms with Crippen LogP contribution < -0.4 is 10.9 Å². The molecule has 10 heteroatoms. The zero-order valence-corrected chi connectivity index (χ0v) is 17.2. The molecule has 0 aliphatic carbocycles. The van der Waals surface area contributed by atoms with Crippen LogP contribution in [0.25, 0.3) is 0 Å². The molecule has 152 valence electrons. The number of hydrogen-bond acceptors (Lipinski definition) is 7. The molecule has 0 bridgehead atoms. The Morgan fingerprint density at radius 2 is 2.07 bits per heavy atom. The molecule has 0 spiro atoms. The van der Waals surface area contributed by atoms with Gasteiger partial charge in [-0.1, -0.05) is 5.92 Å². The molecular weight excluding hydrogens is 412 g/mol. The molecule has 8 nitrogen and oxygen atoms in total. The summed E-state index contributed by atoms with van der Waals surface area (Å²) in [5.74, 6) is 1.69. The van der Waals surface area contributed by atoms with E-state index in [1.807, 2.05) is 16.8 Å². The van der Waals surface area contributed by atoms with Crippen molar-refractivity contribution in [3.63, 3.8) is 0 Å². The maximum Gasteiger partial charge on any atom is 0.410 e. The quantitative estimate of drug-likeness (QED) is 0.557. The largest absolute Gasteiger partial charge is 0.436 e. The monoisotopic (exact) mass is 432 g/mol. The van der Waals surface area contributed by atoms with E-state index in [2.05, 4.69) is 21.8 Å². The van der Waals surface area contributed by atoms with Crippen LogP contribution in [0.4, 0.5) is 4.79 Å². The van der Waals surface area contributed by atoms with Crippen molar-refractivity contribution in [2.45, 2.75) is 25.2 Å². The number of hydrazine groups is 1. The number of nitrogens with zero attached hydrogens (tertiary/aromatic N) is 2. The lowest BCUT2D eigenvalue weighted by Gasteiger charge is -2.30. The minimum atomic E-state index is -0.457. The Labute approximate surface area is 176 Å². The number of terminal acetylenes is 1. The van der Waals surface area contributed by atoms with Crippen molar-refractivity contribution in [3.05, 3.63) is 38.5 Å². The molecular formula is C19H20N4O4S2. The maximum atomic E-state index is 12.2. The number of hydrogen-bond donors (Lipinski definition) is 2. The molecule has 2 aromatic heterocycles. The van der Waals surface area contributed by atoms with Gasteiger partial charge in [0.25, 0.3) is 5.91 Å². The van der Waals surface area contributed by atoms with Crippen molar-refractivity contribution in [2.75, 3.05) is 19.7 Å². The molecule has 29 heavy (non-hydrogen) atoms. The summed E-state index contributed by atoms with van der Waals surface area (Å²) in [6.45, 7) is 1.06. The fourth-order valence-electron chi connectivity index (χ4n) is 2.90. The highest BCUT2D eigenvalue weighted by atomic mass is 32.1. The Hall–Kier alpha value is -2.90. The second kappa shape index (κ2) is 10.0. The fourth-order valence-corrected chi connectivity index (χ4v) is 4.54. The van der Waals surface area contributed by atoms with Gasteiger partial charge in [0.15, 0.2) is 6.61 Å². The van der Waals surface area contributed by atoms with Gasteiger partial charge >= 0.3 is 6.09 Å². The molecule has 3 heterocycles. The van der Waals surface area contributed by atoms with Gasteiger partial charge in [-0.25, -0.2) is 9.78 Å². The number of aromatic nitrogens is 1. The number of amides is 3. The van der Waals surface area contributed by atoms with Gasteiger partial charge in [0.05, 0.1) is 11.4 Å². The van der Waals surface area contributed by atoms with Crippen molar-refractivity contribution in [1.29, 1.82) is 0 Å². The highest BCUT2D eigenvalue weighted by Gasteiger charge is 2.27. The molecule has 1 aliphatic rings. The number of rotatable bonds is 5. The summed E-state index contributed by atoms with van der Waals surface area (Å²) in [6.07, 6.45) is 6.36. The van der Waals surface area contributed by atoms with E-state index in [9.17, 15) is 14.4 Å². The van der Waals surface area contributed by atoms with E-state index in [4.69, 9.17) is 11.2 Å². The molecule has 1 aliphatic heterocycles. The summed E-state index contributed by atoms with van der Waals surface area (Å²) >= 11 is 2.91. The third kappa shape index (κ3) is 5.79. The Bertz CT molecular complexity index is 896. The first-order chi connectivity index (χ1) is 14.1. The standard InChI is InChI=1S/C19H20N4O4S2/c1-2-8-27-19(26)23-6-3-14(4-7-23)18-20-15(12-29-18)17(25)22-21-16(24)10-13-5-9-28-11-13/h1,5,9,11-12,14H,3-4,6-8,10H2,(H,21,24)(H,22,25). The first-order valence-electron chi connectivity index (χ1n) is 8.97. The summed E-state index contributed by atoms with van der Waals surface area (Å²) in [5.41, 5.74) is 5.95. The SMILES string of the molecule is C#CCOC(=O)N1CCC(c2nc(C(=O)NNC(=O)Cc3ccsc3)cs2)CC1. The Morgan fingerprint density at radius 1 is 1.28 bits per heavy atom. The Balaban J connectivity index is 1.45. The fraction of sp³-hybridized carbons (Fsp3) is 0.368. The number of piperidine rings is 1. The predicted octanol–water partition coefficient (Wildman–Crippen LogP) is 2.16. The number of carbonyl (C=O) groups is 3. The summed E-state index contributed by atoms with van der Waals surface area (Å²) < 4.78 is 4.94. The zero-order chi connectivity index (χ0) is 20.6. The van der Waals surface area contributed by atoms with E-state index in [0.29, 0.717) is 13.1 Å². The second-order valence-electron chi connectivity index (χ2n) is 6.40. The van der Waals surface area contributed by atoms with Gasteiger partial charge in [-0.3, -0.25) is 20.4 Å². The van der Waals surface area contributed by atoms with Crippen molar-refractivity contribution in [2.24, 2.45) is 0 Å². The third-order valence-electron chi connectivity index (χ3n) is 4.40. The highest BCUT2D eigenvalue weighted by molar-refractivity contribution is 7.10. The van der Waals surface area contributed by atoms with Crippen LogP contribution in [0.1, 0.15) is 39.8 Å². The lowest BCUT2D eigenvalue weighted by molar-refractivity contribution is -0.121. The van der Waals surface area contributed by atoms with Gasteiger partial charge in [0.2, 0.25) is 5.91 Å². The average molecular weight is 433 g/mol. The van der Waals surface area contributed by atoms with Crippen molar-refractivity contribution >= 4 is 40.6 Å². The minimum absolute atomic E-state index is 0.0342. The first-order valence-corrected chi connectivity index (χ1v) is 10.8. The van der Waals surface area contributed by atoms with E-state index >= 15 is 0 Å². The van der Waals surface area contributed by atoms with Gasteiger partial charge in [-0.05, 0) is 35.2 Å². The molecule has 0 saturated carbocycles. The van der Waals surface area contributed by atoms with E-state index < -0.39 is 12.0 Å². The molecule has 0 unspecified atom stereocenters. The van der Waals surface area contributed by atoms with Crippen LogP contribution in [-0.4, -0.2) is 47.5 Å². The number of carbonyl (C=O) groups excluding carboxylic acids is 3. The lowest BCUT2D eigenvalue weighted by atomic mass is 9.98. The second-order valence-corrected chi connectivity index (χ2v) is 8.07. The molecule has 2 N–H and O–H groups in total. The summed E-state index contributed by atoms with van der Waals surface area (Å²) in [4.78, 5) is 41.9. The van der Waals surface area contributed by atoms with Gasteiger partial charge in [-0.2, -0.15) is 11.3 Å². The molecule has 2 aromatic rings. The molecule has 0 aromatic carbocycles.